The molecule has 2 rings (SSSR count). The molecule has 0 bridgehead atoms. The van der Waals surface area contributed by atoms with Crippen LogP contribution < -0.4 is 0 Å². The summed E-state index contributed by atoms with van der Waals surface area (Å²) in [5.41, 5.74) is 0. The van der Waals surface area contributed by atoms with E-state index in [1.807, 2.05) is 14.0 Å². The van der Waals surface area contributed by atoms with E-state index < -0.39 is 20.2 Å². The van der Waals surface area contributed by atoms with Crippen LogP contribution in [0.4, 0.5) is 0 Å². The lowest BCUT2D eigenvalue weighted by molar-refractivity contribution is 0.201. The maximum Gasteiger partial charge on any atom is 0.282 e. The van der Waals surface area contributed by atoms with Gasteiger partial charge in [-0.3, -0.25) is 0 Å². The molecule has 0 spiro atoms. The molecule has 2 fully saturated rings. The molecule has 0 N–H and O–H groups in total. The first kappa shape index (κ1) is 18.1. The molecule has 0 aromatic heterocycles. The normalized spacial score (nSPS) is 24.6. The lowest BCUT2D eigenvalue weighted by Crippen LogP contribution is -2.57. The van der Waals surface area contributed by atoms with Crippen LogP contribution in [0.3, 0.4) is 0 Å². The SMILES string of the molecule is CCCS(=O)(=O)N1CCN(S(=O)(=O)N2CCN(C)CC2)CC1. The van der Waals surface area contributed by atoms with Gasteiger partial charge in [0.2, 0.25) is 10.0 Å². The Morgan fingerprint density at radius 2 is 1.14 bits per heavy atom. The van der Waals surface area contributed by atoms with Crippen LogP contribution in [0.1, 0.15) is 13.3 Å². The summed E-state index contributed by atoms with van der Waals surface area (Å²) in [6, 6.07) is 0. The molecule has 0 amide bonds. The first-order valence-corrected chi connectivity index (χ1v) is 10.7. The molecule has 8 nitrogen and oxygen atoms in total. The highest BCUT2D eigenvalue weighted by Gasteiger charge is 2.35. The van der Waals surface area contributed by atoms with Gasteiger partial charge in [-0.2, -0.15) is 21.3 Å². The maximum atomic E-state index is 12.6. The third-order valence-electron chi connectivity index (χ3n) is 4.17. The van der Waals surface area contributed by atoms with Gasteiger partial charge in [-0.25, -0.2) is 8.42 Å². The van der Waals surface area contributed by atoms with Crippen molar-refractivity contribution in [3.8, 4) is 0 Å². The van der Waals surface area contributed by atoms with Gasteiger partial charge in [0.05, 0.1) is 5.75 Å². The van der Waals surface area contributed by atoms with Gasteiger partial charge < -0.3 is 4.90 Å². The molecule has 2 saturated heterocycles. The maximum absolute atomic E-state index is 12.6. The van der Waals surface area contributed by atoms with E-state index in [-0.39, 0.29) is 31.9 Å². The minimum atomic E-state index is -3.47. The summed E-state index contributed by atoms with van der Waals surface area (Å²) >= 11 is 0. The van der Waals surface area contributed by atoms with E-state index in [1.165, 1.54) is 12.9 Å². The molecule has 130 valence electrons. The molecule has 10 heteroatoms. The van der Waals surface area contributed by atoms with Crippen LogP contribution in [-0.4, -0.2) is 99.8 Å². The van der Waals surface area contributed by atoms with E-state index in [0.717, 1.165) is 13.1 Å². The van der Waals surface area contributed by atoms with E-state index in [2.05, 4.69) is 4.90 Å². The molecular weight excluding hydrogens is 328 g/mol. The predicted molar refractivity (Wildman–Crippen MR) is 85.2 cm³/mol. The summed E-state index contributed by atoms with van der Waals surface area (Å²) in [6.07, 6.45) is 0.572. The van der Waals surface area contributed by atoms with Crippen LogP contribution in [0.15, 0.2) is 0 Å². The monoisotopic (exact) mass is 354 g/mol. The Kier molecular flexibility index (Phi) is 5.84. The zero-order valence-electron chi connectivity index (χ0n) is 13.3. The number of hydrogen-bond donors (Lipinski definition) is 0. The molecule has 22 heavy (non-hydrogen) atoms. The Balaban J connectivity index is 1.96. The van der Waals surface area contributed by atoms with E-state index in [0.29, 0.717) is 19.5 Å². The van der Waals surface area contributed by atoms with Crippen molar-refractivity contribution in [2.45, 2.75) is 13.3 Å². The van der Waals surface area contributed by atoms with Crippen molar-refractivity contribution < 1.29 is 16.8 Å². The summed E-state index contributed by atoms with van der Waals surface area (Å²) in [7, 11) is -4.74. The van der Waals surface area contributed by atoms with Gasteiger partial charge in [0.25, 0.3) is 10.2 Å². The van der Waals surface area contributed by atoms with Gasteiger partial charge in [-0.15, -0.1) is 0 Å². The van der Waals surface area contributed by atoms with Gasteiger partial charge in [-0.1, -0.05) is 6.92 Å². The van der Waals surface area contributed by atoms with Crippen molar-refractivity contribution in [3.05, 3.63) is 0 Å². The average Bonchev–Trinajstić information content (AvgIpc) is 2.48. The van der Waals surface area contributed by atoms with Crippen LogP contribution in [0.5, 0.6) is 0 Å². The number of rotatable bonds is 5. The van der Waals surface area contributed by atoms with Crippen LogP contribution in [-0.2, 0) is 20.2 Å². The largest absolute Gasteiger partial charge is 0.304 e. The molecule has 0 unspecified atom stereocenters. The molecule has 0 aromatic carbocycles. The van der Waals surface area contributed by atoms with E-state index >= 15 is 0 Å². The second kappa shape index (κ2) is 7.10. The van der Waals surface area contributed by atoms with Gasteiger partial charge in [0.1, 0.15) is 0 Å². The summed E-state index contributed by atoms with van der Waals surface area (Å²) in [5, 5.41) is 0. The number of sulfonamides is 1. The molecule has 2 aliphatic rings. The number of hydrogen-bond acceptors (Lipinski definition) is 5. The Hall–Kier alpha value is -0.260. The van der Waals surface area contributed by atoms with Crippen molar-refractivity contribution in [1.29, 1.82) is 0 Å². The molecule has 0 aromatic rings. The molecule has 2 heterocycles. The Morgan fingerprint density at radius 1 is 0.727 bits per heavy atom. The van der Waals surface area contributed by atoms with Crippen molar-refractivity contribution in [2.75, 3.05) is 65.2 Å². The zero-order valence-corrected chi connectivity index (χ0v) is 14.9. The highest BCUT2D eigenvalue weighted by molar-refractivity contribution is 7.89. The smallest absolute Gasteiger partial charge is 0.282 e. The Morgan fingerprint density at radius 3 is 1.59 bits per heavy atom. The first-order valence-electron chi connectivity index (χ1n) is 7.69. The number of nitrogens with zero attached hydrogens (tertiary/aromatic N) is 4. The van der Waals surface area contributed by atoms with Gasteiger partial charge >= 0.3 is 0 Å². The highest BCUT2D eigenvalue weighted by Crippen LogP contribution is 2.16. The quantitative estimate of drug-likeness (QED) is 0.622. The van der Waals surface area contributed by atoms with Crippen molar-refractivity contribution in [3.63, 3.8) is 0 Å². The fourth-order valence-electron chi connectivity index (χ4n) is 2.75. The molecule has 2 aliphatic heterocycles. The lowest BCUT2D eigenvalue weighted by Gasteiger charge is -2.38. The van der Waals surface area contributed by atoms with Crippen LogP contribution in [0.2, 0.25) is 0 Å². The zero-order chi connectivity index (χ0) is 16.4. The second-order valence-electron chi connectivity index (χ2n) is 5.82. The Labute approximate surface area is 133 Å². The fourth-order valence-corrected chi connectivity index (χ4v) is 5.82. The minimum Gasteiger partial charge on any atom is -0.304 e. The van der Waals surface area contributed by atoms with Crippen molar-refractivity contribution in [2.24, 2.45) is 0 Å². The Bertz CT molecular complexity index is 562. The summed E-state index contributed by atoms with van der Waals surface area (Å²) in [4.78, 5) is 2.10. The summed E-state index contributed by atoms with van der Waals surface area (Å²) < 4.78 is 53.6. The van der Waals surface area contributed by atoms with E-state index in [9.17, 15) is 16.8 Å². The number of piperazine rings is 2. The minimum absolute atomic E-state index is 0.123. The third kappa shape index (κ3) is 3.98. The molecule has 0 aliphatic carbocycles. The summed E-state index contributed by atoms with van der Waals surface area (Å²) in [6.45, 7) is 5.22. The topological polar surface area (TPSA) is 81.2 Å². The number of likely N-dealkylation sites (N-methyl/N-ethyl adjacent to an activating group) is 1. The lowest BCUT2D eigenvalue weighted by atomic mass is 10.4. The third-order valence-corrected chi connectivity index (χ3v) is 8.28. The standard InChI is InChI=1S/C12H26N4O4S2/c1-3-12-21(17,18)14-8-10-16(11-9-14)22(19,20)15-6-4-13(2)5-7-15/h3-12H2,1-2H3. The highest BCUT2D eigenvalue weighted by atomic mass is 32.2. The van der Waals surface area contributed by atoms with Gasteiger partial charge in [-0.05, 0) is 13.5 Å². The van der Waals surface area contributed by atoms with Crippen LogP contribution >= 0.6 is 0 Å². The van der Waals surface area contributed by atoms with Crippen LogP contribution in [0, 0.1) is 0 Å². The van der Waals surface area contributed by atoms with Crippen molar-refractivity contribution in [1.82, 2.24) is 17.8 Å². The molecule has 0 radical (unpaired) electrons. The predicted octanol–water partition coefficient (Wildman–Crippen LogP) is -1.16. The van der Waals surface area contributed by atoms with E-state index in [4.69, 9.17) is 0 Å². The fraction of sp³-hybridized carbons (Fsp3) is 1.00. The summed E-state index contributed by atoms with van der Waals surface area (Å²) in [5.74, 6) is 0.123. The first-order chi connectivity index (χ1) is 10.3. The van der Waals surface area contributed by atoms with Gasteiger partial charge in [0, 0.05) is 52.4 Å². The second-order valence-corrected chi connectivity index (χ2v) is 9.84. The molecular formula is C12H26N4O4S2. The molecule has 0 saturated carbocycles. The van der Waals surface area contributed by atoms with Gasteiger partial charge in [0.15, 0.2) is 0 Å². The van der Waals surface area contributed by atoms with Crippen molar-refractivity contribution >= 4 is 20.2 Å². The van der Waals surface area contributed by atoms with Crippen LogP contribution in [0.25, 0.3) is 0 Å². The molecule has 0 atom stereocenters. The van der Waals surface area contributed by atoms with E-state index in [1.54, 1.807) is 0 Å². The average molecular weight is 354 g/mol.